The summed E-state index contributed by atoms with van der Waals surface area (Å²) in [5.41, 5.74) is 0.750. The van der Waals surface area contributed by atoms with Gasteiger partial charge in [0.15, 0.2) is 0 Å². The zero-order chi connectivity index (χ0) is 12.1. The molecule has 5 heteroatoms. The quantitative estimate of drug-likeness (QED) is 0.771. The Morgan fingerprint density at radius 2 is 2.00 bits per heavy atom. The molecular weight excluding hydrogens is 257 g/mol. The van der Waals surface area contributed by atoms with Crippen molar-refractivity contribution < 1.29 is 9.18 Å². The molecule has 1 aliphatic heterocycles. The highest BCUT2D eigenvalue weighted by Gasteiger charge is 2.16. The lowest BCUT2D eigenvalue weighted by Gasteiger charge is -2.19. The molecule has 0 saturated carbocycles. The maximum atomic E-state index is 13.0. The van der Waals surface area contributed by atoms with Crippen LogP contribution in [0.15, 0.2) is 24.3 Å². The van der Waals surface area contributed by atoms with Gasteiger partial charge in [-0.25, -0.2) is 4.39 Å². The number of carbonyl (C=O) groups is 1. The molecule has 2 rings (SSSR count). The summed E-state index contributed by atoms with van der Waals surface area (Å²) >= 11 is 0. The minimum atomic E-state index is -0.280. The Labute approximate surface area is 108 Å². The number of hydrogen-bond donors (Lipinski definition) is 0. The molecule has 92 valence electrons. The summed E-state index contributed by atoms with van der Waals surface area (Å²) in [6.45, 7) is 1.59. The molecule has 0 spiro atoms. The second-order valence-electron chi connectivity index (χ2n) is 3.83. The summed E-state index contributed by atoms with van der Waals surface area (Å²) in [4.78, 5) is 13.9. The van der Waals surface area contributed by atoms with Crippen LogP contribution in [-0.4, -0.2) is 35.4 Å². The van der Waals surface area contributed by atoms with Crippen LogP contribution in [0.3, 0.4) is 0 Å². The average molecular weight is 271 g/mol. The summed E-state index contributed by atoms with van der Waals surface area (Å²) < 4.78 is 13.0. The first-order chi connectivity index (χ1) is 8.25. The fraction of sp³-hybridized carbons (Fsp3) is 0.417. The van der Waals surface area contributed by atoms with Crippen LogP contribution in [0.4, 0.5) is 4.39 Å². The summed E-state index contributed by atoms with van der Waals surface area (Å²) in [5, 5.41) is 0. The van der Waals surface area contributed by atoms with Gasteiger partial charge in [-0.1, -0.05) is 33.7 Å². The minimum Gasteiger partial charge on any atom is -0.341 e. The molecule has 2 nitrogen and oxygen atoms in total. The van der Waals surface area contributed by atoms with E-state index in [9.17, 15) is 9.18 Å². The van der Waals surface area contributed by atoms with Crippen molar-refractivity contribution in [2.45, 2.75) is 6.42 Å². The smallest absolute Gasteiger partial charge is 0.227 e. The molecule has 0 unspecified atom stereocenters. The van der Waals surface area contributed by atoms with Gasteiger partial charge in [-0.15, -0.1) is 0 Å². The maximum Gasteiger partial charge on any atom is 0.227 e. The molecule has 1 saturated heterocycles. The first-order valence-electron chi connectivity index (χ1n) is 5.52. The molecule has 0 N–H and O–H groups in total. The van der Waals surface area contributed by atoms with Gasteiger partial charge in [-0.05, 0) is 17.7 Å². The highest BCUT2D eigenvalue weighted by atomic mass is 33.1. The molecule has 1 heterocycles. The fourth-order valence-electron chi connectivity index (χ4n) is 1.71. The molecule has 0 aromatic heterocycles. The van der Waals surface area contributed by atoms with Gasteiger partial charge < -0.3 is 4.90 Å². The fourth-order valence-corrected chi connectivity index (χ4v) is 3.69. The van der Waals surface area contributed by atoms with Gasteiger partial charge in [0.2, 0.25) is 5.91 Å². The van der Waals surface area contributed by atoms with Crippen molar-refractivity contribution >= 4 is 27.5 Å². The lowest BCUT2D eigenvalue weighted by molar-refractivity contribution is -0.129. The van der Waals surface area contributed by atoms with Crippen LogP contribution in [0.5, 0.6) is 0 Å². The lowest BCUT2D eigenvalue weighted by Crippen LogP contribution is -2.34. The van der Waals surface area contributed by atoms with Crippen molar-refractivity contribution in [2.75, 3.05) is 24.6 Å². The summed E-state index contributed by atoms with van der Waals surface area (Å²) in [5.74, 6) is 1.76. The Bertz CT molecular complexity index is 392. The Hall–Kier alpha value is -0.680. The first-order valence-corrected chi connectivity index (χ1v) is 8.01. The van der Waals surface area contributed by atoms with E-state index in [4.69, 9.17) is 0 Å². The predicted octanol–water partition coefficient (Wildman–Crippen LogP) is 2.59. The van der Waals surface area contributed by atoms with Crippen LogP contribution in [-0.2, 0) is 11.2 Å². The largest absolute Gasteiger partial charge is 0.341 e. The van der Waals surface area contributed by atoms with Gasteiger partial charge in [0, 0.05) is 24.6 Å². The van der Waals surface area contributed by atoms with Crippen molar-refractivity contribution in [3.8, 4) is 0 Å². The topological polar surface area (TPSA) is 20.3 Å². The molecule has 1 aromatic carbocycles. The number of carbonyl (C=O) groups excluding carboxylic acids is 1. The number of rotatable bonds is 2. The van der Waals surface area contributed by atoms with Crippen LogP contribution >= 0.6 is 21.6 Å². The van der Waals surface area contributed by atoms with Crippen LogP contribution in [0.2, 0.25) is 0 Å². The average Bonchev–Trinajstić information content (AvgIpc) is 2.57. The third-order valence-corrected chi connectivity index (χ3v) is 4.93. The van der Waals surface area contributed by atoms with Crippen molar-refractivity contribution in [1.29, 1.82) is 0 Å². The SMILES string of the molecule is O=C(Cc1cccc(F)c1)N1CCSSCC1. The summed E-state index contributed by atoms with van der Waals surface area (Å²) in [7, 11) is 3.62. The Balaban J connectivity index is 1.95. The minimum absolute atomic E-state index is 0.0960. The Kier molecular flexibility index (Phi) is 4.74. The highest BCUT2D eigenvalue weighted by Crippen LogP contribution is 2.24. The molecule has 1 aromatic rings. The third kappa shape index (κ3) is 3.92. The van der Waals surface area contributed by atoms with E-state index in [1.165, 1.54) is 12.1 Å². The molecule has 1 amide bonds. The normalized spacial score (nSPS) is 16.6. The molecular formula is C12H14FNOS2. The van der Waals surface area contributed by atoms with Crippen LogP contribution in [0, 0.1) is 5.82 Å². The zero-order valence-corrected chi connectivity index (χ0v) is 11.0. The summed E-state index contributed by atoms with van der Waals surface area (Å²) in [6.07, 6.45) is 0.299. The van der Waals surface area contributed by atoms with Gasteiger partial charge >= 0.3 is 0 Å². The van der Waals surface area contributed by atoms with E-state index in [1.807, 2.05) is 26.5 Å². The number of benzene rings is 1. The van der Waals surface area contributed by atoms with Crippen molar-refractivity contribution in [2.24, 2.45) is 0 Å². The Morgan fingerprint density at radius 1 is 1.29 bits per heavy atom. The van der Waals surface area contributed by atoms with E-state index in [0.29, 0.717) is 6.42 Å². The standard InChI is InChI=1S/C12H14FNOS2/c13-11-3-1-2-10(8-11)9-12(15)14-4-6-16-17-7-5-14/h1-3,8H,4-7,9H2. The van der Waals surface area contributed by atoms with E-state index < -0.39 is 0 Å². The van der Waals surface area contributed by atoms with E-state index in [2.05, 4.69) is 0 Å². The van der Waals surface area contributed by atoms with Crippen molar-refractivity contribution in [1.82, 2.24) is 4.90 Å². The van der Waals surface area contributed by atoms with Gasteiger partial charge in [0.1, 0.15) is 5.82 Å². The molecule has 1 aliphatic rings. The van der Waals surface area contributed by atoms with E-state index in [0.717, 1.165) is 30.2 Å². The number of nitrogens with zero attached hydrogens (tertiary/aromatic N) is 1. The van der Waals surface area contributed by atoms with E-state index in [-0.39, 0.29) is 11.7 Å². The van der Waals surface area contributed by atoms with Crippen LogP contribution in [0.25, 0.3) is 0 Å². The number of hydrogen-bond acceptors (Lipinski definition) is 3. The van der Waals surface area contributed by atoms with Gasteiger partial charge in [0.25, 0.3) is 0 Å². The third-order valence-electron chi connectivity index (χ3n) is 2.57. The second kappa shape index (κ2) is 6.31. The molecule has 0 atom stereocenters. The molecule has 17 heavy (non-hydrogen) atoms. The van der Waals surface area contributed by atoms with Gasteiger partial charge in [-0.2, -0.15) is 0 Å². The maximum absolute atomic E-state index is 13.0. The van der Waals surface area contributed by atoms with Crippen LogP contribution in [0.1, 0.15) is 5.56 Å². The number of halogens is 1. The van der Waals surface area contributed by atoms with E-state index in [1.54, 1.807) is 12.1 Å². The monoisotopic (exact) mass is 271 g/mol. The molecule has 0 radical (unpaired) electrons. The molecule has 0 bridgehead atoms. The van der Waals surface area contributed by atoms with Crippen molar-refractivity contribution in [3.05, 3.63) is 35.6 Å². The predicted molar refractivity (Wildman–Crippen MR) is 71.6 cm³/mol. The molecule has 0 aliphatic carbocycles. The van der Waals surface area contributed by atoms with E-state index >= 15 is 0 Å². The molecule has 1 fully saturated rings. The van der Waals surface area contributed by atoms with Gasteiger partial charge in [0.05, 0.1) is 6.42 Å². The van der Waals surface area contributed by atoms with Crippen molar-refractivity contribution in [3.63, 3.8) is 0 Å². The number of amides is 1. The van der Waals surface area contributed by atoms with Gasteiger partial charge in [-0.3, -0.25) is 4.79 Å². The zero-order valence-electron chi connectivity index (χ0n) is 9.39. The Morgan fingerprint density at radius 3 is 2.65 bits per heavy atom. The summed E-state index contributed by atoms with van der Waals surface area (Å²) in [6, 6.07) is 6.26. The van der Waals surface area contributed by atoms with Crippen LogP contribution < -0.4 is 0 Å². The highest BCUT2D eigenvalue weighted by molar-refractivity contribution is 8.76. The first kappa shape index (κ1) is 12.8. The second-order valence-corrected chi connectivity index (χ2v) is 6.53. The lowest BCUT2D eigenvalue weighted by atomic mass is 10.1.